The van der Waals surface area contributed by atoms with Gasteiger partial charge in [-0.1, -0.05) is 43.8 Å². The van der Waals surface area contributed by atoms with E-state index in [-0.39, 0.29) is 78.2 Å². The summed E-state index contributed by atoms with van der Waals surface area (Å²) in [5, 5.41) is 24.4. The van der Waals surface area contributed by atoms with Crippen LogP contribution >= 0.6 is 0 Å². The maximum absolute atomic E-state index is 13.6. The number of carboxylic acids is 2. The number of rotatable bonds is 13. The molecule has 13 nitrogen and oxygen atoms in total. The van der Waals surface area contributed by atoms with Crippen LogP contribution in [0.1, 0.15) is 96.9 Å². The van der Waals surface area contributed by atoms with Crippen molar-refractivity contribution in [3.8, 4) is 11.8 Å². The molecule has 3 aromatic rings. The normalized spacial score (nSPS) is 11.3. The van der Waals surface area contributed by atoms with Crippen molar-refractivity contribution < 1.29 is 38.1 Å². The van der Waals surface area contributed by atoms with E-state index in [2.05, 4.69) is 31.7 Å². The van der Waals surface area contributed by atoms with Gasteiger partial charge in [-0.3, -0.25) is 19.2 Å². The molecular weight excluding hydrogens is 614 g/mol. The van der Waals surface area contributed by atoms with Gasteiger partial charge in [0, 0.05) is 53.2 Å². The molecule has 0 aliphatic heterocycles. The minimum absolute atomic E-state index is 0.00216. The number of nitrogens with two attached hydrogens (primary N) is 1. The fourth-order valence-corrected chi connectivity index (χ4v) is 6.16. The van der Waals surface area contributed by atoms with Crippen LogP contribution in [-0.4, -0.2) is 59.8 Å². The number of unbranched alkanes of at least 4 members (excludes halogenated alkanes) is 2. The van der Waals surface area contributed by atoms with Crippen molar-refractivity contribution in [1.82, 2.24) is 10.1 Å². The number of carbonyl (C=O) groups excluding carboxylic acids is 2. The summed E-state index contributed by atoms with van der Waals surface area (Å²) in [5.74, 6) is 3.50. The van der Waals surface area contributed by atoms with E-state index in [0.717, 1.165) is 0 Å². The summed E-state index contributed by atoms with van der Waals surface area (Å²) in [5.41, 5.74) is 6.74. The molecule has 0 saturated carbocycles. The van der Waals surface area contributed by atoms with E-state index in [0.29, 0.717) is 16.9 Å². The minimum atomic E-state index is -3.11. The standard InChI is InChI=1S/C32H37N5O8S/c1-32(2,3)25-19-26(36-45-25)35-30(42)23-10-8-9-21(17-23)13-14-22-18-24(20-34-29(22)33)31(43)37-46(44,15-6-4-11-27(38)39)16-7-5-12-28(40)41/h8-10,17-20H,4-7,11-12,15-16H2,1-3H3,(H2,33,34)(H,38,39)(H,40,41)(H,35,36,42). The summed E-state index contributed by atoms with van der Waals surface area (Å²) in [6.45, 7) is 5.88. The molecule has 2 heterocycles. The van der Waals surface area contributed by atoms with Crippen LogP contribution in [0.3, 0.4) is 0 Å². The molecule has 14 heteroatoms. The van der Waals surface area contributed by atoms with Crippen molar-refractivity contribution >= 4 is 45.1 Å². The zero-order valence-corrected chi connectivity index (χ0v) is 26.7. The van der Waals surface area contributed by atoms with Gasteiger partial charge in [0.25, 0.3) is 11.8 Å². The number of nitrogens with one attached hydrogen (secondary N) is 1. The van der Waals surface area contributed by atoms with Crippen molar-refractivity contribution in [1.29, 1.82) is 0 Å². The quantitative estimate of drug-likeness (QED) is 0.146. The van der Waals surface area contributed by atoms with Gasteiger partial charge < -0.3 is 25.8 Å². The lowest BCUT2D eigenvalue weighted by Crippen LogP contribution is -2.15. The summed E-state index contributed by atoms with van der Waals surface area (Å²) >= 11 is 0. The Morgan fingerprint density at radius 3 is 2.20 bits per heavy atom. The fraction of sp³-hybridized carbons (Fsp3) is 0.375. The minimum Gasteiger partial charge on any atom is -0.481 e. The number of hydrogen-bond acceptors (Lipinski definition) is 9. The first-order chi connectivity index (χ1) is 21.6. The Morgan fingerprint density at radius 1 is 0.957 bits per heavy atom. The topological polar surface area (TPSA) is 215 Å². The monoisotopic (exact) mass is 651 g/mol. The Balaban J connectivity index is 1.79. The second kappa shape index (κ2) is 15.8. The molecule has 1 aromatic carbocycles. The summed E-state index contributed by atoms with van der Waals surface area (Å²) < 4.78 is 22.9. The third kappa shape index (κ3) is 11.2. The molecule has 46 heavy (non-hydrogen) atoms. The van der Waals surface area contributed by atoms with Crippen molar-refractivity contribution in [3.05, 3.63) is 70.6 Å². The molecule has 3 rings (SSSR count). The first-order valence-electron chi connectivity index (χ1n) is 14.5. The van der Waals surface area contributed by atoms with Gasteiger partial charge in [-0.05, 0) is 49.9 Å². The first-order valence-corrected chi connectivity index (χ1v) is 16.4. The van der Waals surface area contributed by atoms with Crippen molar-refractivity contribution in [2.75, 3.05) is 22.6 Å². The van der Waals surface area contributed by atoms with E-state index in [1.165, 1.54) is 12.3 Å². The van der Waals surface area contributed by atoms with Gasteiger partial charge in [-0.25, -0.2) is 9.19 Å². The lowest BCUT2D eigenvalue weighted by molar-refractivity contribution is -0.138. The largest absolute Gasteiger partial charge is 0.481 e. The van der Waals surface area contributed by atoms with Crippen LogP contribution in [0.2, 0.25) is 0 Å². The SMILES string of the molecule is CC(C)(C)c1cc(NC(=O)c2cccc(C#Cc3cc(C(=O)N=S(=O)(CCCCC(=O)O)CCCCC(=O)O)cnc3N)c2)no1. The molecule has 0 radical (unpaired) electrons. The van der Waals surface area contributed by atoms with Crippen LogP contribution in [0.5, 0.6) is 0 Å². The highest BCUT2D eigenvalue weighted by atomic mass is 32.2. The molecular formula is C32H37N5O8S. The highest BCUT2D eigenvalue weighted by Gasteiger charge is 2.21. The fourth-order valence-electron chi connectivity index (χ4n) is 4.05. The molecule has 5 N–H and O–H groups in total. The van der Waals surface area contributed by atoms with Crippen LogP contribution in [0, 0.1) is 11.8 Å². The molecule has 0 saturated heterocycles. The summed E-state index contributed by atoms with van der Waals surface area (Å²) in [6.07, 6.45) is 2.03. The Morgan fingerprint density at radius 2 is 1.61 bits per heavy atom. The number of nitrogens with zero attached hydrogens (tertiary/aromatic N) is 3. The third-order valence-electron chi connectivity index (χ3n) is 6.58. The molecule has 0 aliphatic rings. The van der Waals surface area contributed by atoms with Gasteiger partial charge in [0.05, 0.1) is 20.9 Å². The smallest absolute Gasteiger partial charge is 0.303 e. The van der Waals surface area contributed by atoms with Gasteiger partial charge in [-0.2, -0.15) is 4.36 Å². The van der Waals surface area contributed by atoms with E-state index in [9.17, 15) is 23.4 Å². The van der Waals surface area contributed by atoms with E-state index in [1.807, 2.05) is 20.8 Å². The number of carbonyl (C=O) groups is 4. The number of benzene rings is 1. The molecule has 0 spiro atoms. The van der Waals surface area contributed by atoms with Crippen LogP contribution in [0.4, 0.5) is 11.6 Å². The Kier molecular flexibility index (Phi) is 12.2. The zero-order valence-electron chi connectivity index (χ0n) is 25.9. The lowest BCUT2D eigenvalue weighted by atomic mass is 9.93. The van der Waals surface area contributed by atoms with E-state index in [1.54, 1.807) is 30.3 Å². The van der Waals surface area contributed by atoms with E-state index < -0.39 is 33.5 Å². The van der Waals surface area contributed by atoms with Crippen molar-refractivity contribution in [3.63, 3.8) is 0 Å². The van der Waals surface area contributed by atoms with E-state index in [4.69, 9.17) is 20.5 Å². The van der Waals surface area contributed by atoms with Crippen molar-refractivity contribution in [2.45, 2.75) is 64.7 Å². The average Bonchev–Trinajstić information content (AvgIpc) is 3.46. The van der Waals surface area contributed by atoms with Crippen LogP contribution in [0.15, 0.2) is 51.5 Å². The molecule has 0 fully saturated rings. The van der Waals surface area contributed by atoms with Gasteiger partial charge in [-0.15, -0.1) is 0 Å². The predicted molar refractivity (Wildman–Crippen MR) is 172 cm³/mol. The number of carboxylic acid groups (broad SMARTS) is 2. The predicted octanol–water partition coefficient (Wildman–Crippen LogP) is 4.72. The maximum atomic E-state index is 13.6. The molecule has 2 aromatic heterocycles. The lowest BCUT2D eigenvalue weighted by Gasteiger charge is -2.12. The Bertz CT molecular complexity index is 1760. The highest BCUT2D eigenvalue weighted by Crippen LogP contribution is 2.24. The van der Waals surface area contributed by atoms with Gasteiger partial charge in [0.2, 0.25) is 0 Å². The first kappa shape index (κ1) is 35.4. The van der Waals surface area contributed by atoms with Gasteiger partial charge in [0.1, 0.15) is 11.6 Å². The van der Waals surface area contributed by atoms with Crippen molar-refractivity contribution in [2.24, 2.45) is 4.36 Å². The van der Waals surface area contributed by atoms with E-state index >= 15 is 0 Å². The average molecular weight is 652 g/mol. The summed E-state index contributed by atoms with van der Waals surface area (Å²) in [4.78, 5) is 51.6. The third-order valence-corrected chi connectivity index (χ3v) is 8.93. The number of pyridine rings is 1. The number of hydrogen-bond donors (Lipinski definition) is 4. The number of nitrogen functional groups attached to an aromatic ring is 1. The molecule has 244 valence electrons. The highest BCUT2D eigenvalue weighted by molar-refractivity contribution is 7.93. The Labute approximate surface area is 267 Å². The number of aromatic nitrogens is 2. The summed E-state index contributed by atoms with van der Waals surface area (Å²) in [6, 6.07) is 9.58. The number of anilines is 2. The molecule has 0 bridgehead atoms. The van der Waals surface area contributed by atoms with Gasteiger partial charge in [0.15, 0.2) is 5.82 Å². The van der Waals surface area contributed by atoms with Crippen LogP contribution < -0.4 is 11.1 Å². The molecule has 0 aliphatic carbocycles. The number of aliphatic carboxylic acids is 2. The van der Waals surface area contributed by atoms with Crippen LogP contribution in [-0.2, 0) is 24.7 Å². The molecule has 0 atom stereocenters. The van der Waals surface area contributed by atoms with Gasteiger partial charge >= 0.3 is 11.9 Å². The Hall–Kier alpha value is -5.03. The summed E-state index contributed by atoms with van der Waals surface area (Å²) in [7, 11) is -3.11. The number of amides is 2. The molecule has 0 unspecified atom stereocenters. The molecule has 2 amide bonds. The van der Waals surface area contributed by atoms with Crippen LogP contribution in [0.25, 0.3) is 0 Å². The second-order valence-electron chi connectivity index (χ2n) is 11.5. The second-order valence-corrected chi connectivity index (χ2v) is 14.1. The zero-order chi connectivity index (χ0) is 33.9. The maximum Gasteiger partial charge on any atom is 0.303 e.